The van der Waals surface area contributed by atoms with E-state index < -0.39 is 42.8 Å². The minimum absolute atomic E-state index is 0.0856. The molecule has 1 fully saturated rings. The van der Waals surface area contributed by atoms with Gasteiger partial charge in [-0.05, 0) is 42.5 Å². The summed E-state index contributed by atoms with van der Waals surface area (Å²) in [4.78, 5) is 23.2. The van der Waals surface area contributed by atoms with Crippen LogP contribution >= 0.6 is 11.6 Å². The zero-order valence-corrected chi connectivity index (χ0v) is 20.6. The third-order valence-corrected chi connectivity index (χ3v) is 5.85. The third-order valence-electron chi connectivity index (χ3n) is 5.60. The normalized spacial score (nSPS) is 22.9. The maximum absolute atomic E-state index is 11.8. The lowest BCUT2D eigenvalue weighted by molar-refractivity contribution is -0.271. The Bertz CT molecular complexity index is 1280. The van der Waals surface area contributed by atoms with E-state index in [-0.39, 0.29) is 18.2 Å². The summed E-state index contributed by atoms with van der Waals surface area (Å²) in [6, 6.07) is 13.0. The molecule has 1 aromatic heterocycles. The Kier molecular flexibility index (Phi) is 8.34. The van der Waals surface area contributed by atoms with Crippen molar-refractivity contribution >= 4 is 29.4 Å². The van der Waals surface area contributed by atoms with E-state index in [4.69, 9.17) is 25.8 Å². The molecule has 13 nitrogen and oxygen atoms in total. The Balaban J connectivity index is 1.52. The lowest BCUT2D eigenvalue weighted by atomic mass is 9.99. The van der Waals surface area contributed by atoms with E-state index >= 15 is 0 Å². The molecule has 1 amide bonds. The topological polar surface area (TPSA) is 182 Å². The summed E-state index contributed by atoms with van der Waals surface area (Å²) in [5.74, 6) is -1.19. The molecule has 0 unspecified atom stereocenters. The fourth-order valence-corrected chi connectivity index (χ4v) is 3.73. The lowest BCUT2D eigenvalue weighted by Crippen LogP contribution is -2.61. The molecule has 3 aromatic rings. The predicted octanol–water partition coefficient (Wildman–Crippen LogP) is 1.55. The van der Waals surface area contributed by atoms with Crippen LogP contribution in [0.2, 0.25) is 5.02 Å². The van der Waals surface area contributed by atoms with Gasteiger partial charge in [-0.2, -0.15) is 0 Å². The first-order valence-electron chi connectivity index (χ1n) is 11.2. The first-order valence-corrected chi connectivity index (χ1v) is 11.6. The highest BCUT2D eigenvalue weighted by molar-refractivity contribution is 6.30. The largest absolute Gasteiger partial charge is 0.479 e. The first-order chi connectivity index (χ1) is 18.2. The van der Waals surface area contributed by atoms with Crippen LogP contribution in [0.15, 0.2) is 54.7 Å². The molecule has 1 saturated heterocycles. The number of benzene rings is 2. The molecule has 2 aromatic carbocycles. The average molecular weight is 550 g/mol. The molecule has 38 heavy (non-hydrogen) atoms. The number of carboxylic acids is 1. The summed E-state index contributed by atoms with van der Waals surface area (Å²) in [6.07, 6.45) is -7.91. The van der Waals surface area contributed by atoms with E-state index in [1.54, 1.807) is 41.2 Å². The maximum Gasteiger partial charge on any atom is 0.411 e. The molecular weight excluding hydrogens is 526 g/mol. The zero-order valence-electron chi connectivity index (χ0n) is 19.8. The van der Waals surface area contributed by atoms with Crippen molar-refractivity contribution in [2.45, 2.75) is 37.3 Å². The number of aliphatic hydroxyl groups is 3. The average Bonchev–Trinajstić information content (AvgIpc) is 3.38. The number of aliphatic hydroxyl groups excluding tert-OH is 3. The van der Waals surface area contributed by atoms with Gasteiger partial charge in [0.15, 0.2) is 6.10 Å². The molecule has 0 radical (unpaired) electrons. The molecule has 1 aliphatic rings. The van der Waals surface area contributed by atoms with Gasteiger partial charge in [-0.1, -0.05) is 11.6 Å². The van der Waals surface area contributed by atoms with Gasteiger partial charge >= 0.3 is 12.1 Å². The van der Waals surface area contributed by atoms with Crippen LogP contribution in [-0.2, 0) is 20.9 Å². The molecule has 0 aliphatic carbocycles. The lowest BCUT2D eigenvalue weighted by Gasteiger charge is -2.38. The quantitative estimate of drug-likeness (QED) is 0.275. The van der Waals surface area contributed by atoms with Crippen molar-refractivity contribution in [1.29, 1.82) is 0 Å². The zero-order chi connectivity index (χ0) is 27.4. The third kappa shape index (κ3) is 6.15. The van der Waals surface area contributed by atoms with E-state index in [0.29, 0.717) is 16.3 Å². The van der Waals surface area contributed by atoms with Crippen molar-refractivity contribution in [1.82, 2.24) is 9.78 Å². The standard InChI is InChI=1S/C24H24ClN3O10/c1-35-24(34)26-16-7-6-15(37-23-20(31)18(29)19(30)21(38-23)22(32)33)10-12(16)11-36-17-8-9-28(27-17)14-4-2-13(25)3-5-14/h2-10,18-21,23,29-31H,11H2,1H3,(H,26,34)(H,32,33)/t18-,19-,20+,21-,23-/m0/s1. The number of carboxylic acid groups (broad SMARTS) is 1. The fraction of sp³-hybridized carbons (Fsp3) is 0.292. The SMILES string of the molecule is COC(=O)Nc1ccc(O[C@H]2O[C@H](C(=O)O)[C@@H](O)[C@H](O)[C@H]2O)cc1COc1ccn(-c2ccc(Cl)cc2)n1. The Morgan fingerprint density at radius 1 is 1.08 bits per heavy atom. The highest BCUT2D eigenvalue weighted by Gasteiger charge is 2.48. The number of aromatic nitrogens is 2. The molecule has 202 valence electrons. The van der Waals surface area contributed by atoms with Gasteiger partial charge in [0.05, 0.1) is 18.5 Å². The maximum atomic E-state index is 11.8. The van der Waals surface area contributed by atoms with Crippen molar-refractivity contribution < 1.29 is 49.0 Å². The molecule has 4 rings (SSSR count). The van der Waals surface area contributed by atoms with Crippen LogP contribution in [-0.4, -0.2) is 80.1 Å². The number of rotatable bonds is 8. The van der Waals surface area contributed by atoms with Crippen LogP contribution in [0.5, 0.6) is 11.6 Å². The van der Waals surface area contributed by atoms with Crippen molar-refractivity contribution in [3.63, 3.8) is 0 Å². The number of amides is 1. The molecule has 0 bridgehead atoms. The number of aliphatic carboxylic acids is 1. The second-order valence-electron chi connectivity index (χ2n) is 8.15. The Labute approximate surface area is 220 Å². The summed E-state index contributed by atoms with van der Waals surface area (Å²) in [5.41, 5.74) is 1.46. The summed E-state index contributed by atoms with van der Waals surface area (Å²) < 4.78 is 22.7. The van der Waals surface area contributed by atoms with E-state index in [2.05, 4.69) is 15.2 Å². The van der Waals surface area contributed by atoms with Gasteiger partial charge in [0.1, 0.15) is 30.7 Å². The number of carbonyl (C=O) groups excluding carboxylic acids is 1. The second-order valence-corrected chi connectivity index (χ2v) is 8.59. The molecule has 0 spiro atoms. The highest BCUT2D eigenvalue weighted by atomic mass is 35.5. The molecule has 5 N–H and O–H groups in total. The van der Waals surface area contributed by atoms with Gasteiger partial charge in [-0.25, -0.2) is 14.3 Å². The number of anilines is 1. The number of hydrogen-bond donors (Lipinski definition) is 5. The number of methoxy groups -OCH3 is 1. The number of nitrogens with zero attached hydrogens (tertiary/aromatic N) is 2. The van der Waals surface area contributed by atoms with E-state index in [9.17, 15) is 30.0 Å². The van der Waals surface area contributed by atoms with Gasteiger partial charge in [0, 0.05) is 22.8 Å². The summed E-state index contributed by atoms with van der Waals surface area (Å²) in [5, 5.41) is 46.8. The Hall–Kier alpha value is -3.88. The van der Waals surface area contributed by atoms with Gasteiger partial charge in [-0.3, -0.25) is 5.32 Å². The number of hydrogen-bond acceptors (Lipinski definition) is 10. The van der Waals surface area contributed by atoms with Crippen molar-refractivity contribution in [2.75, 3.05) is 12.4 Å². The number of nitrogens with one attached hydrogen (secondary N) is 1. The van der Waals surface area contributed by atoms with Crippen LogP contribution in [0.4, 0.5) is 10.5 Å². The molecule has 14 heteroatoms. The van der Waals surface area contributed by atoms with Gasteiger partial charge in [0.25, 0.3) is 0 Å². The van der Waals surface area contributed by atoms with Crippen molar-refractivity contribution in [3.05, 3.63) is 65.3 Å². The van der Waals surface area contributed by atoms with Crippen LogP contribution in [0.1, 0.15) is 5.56 Å². The predicted molar refractivity (Wildman–Crippen MR) is 130 cm³/mol. The van der Waals surface area contributed by atoms with Crippen LogP contribution in [0.3, 0.4) is 0 Å². The summed E-state index contributed by atoms with van der Waals surface area (Å²) >= 11 is 5.93. The van der Waals surface area contributed by atoms with Gasteiger partial charge < -0.3 is 39.4 Å². The van der Waals surface area contributed by atoms with Crippen molar-refractivity contribution in [3.8, 4) is 17.3 Å². The number of ether oxygens (including phenoxy) is 4. The van der Waals surface area contributed by atoms with Crippen LogP contribution in [0, 0.1) is 0 Å². The summed E-state index contributed by atoms with van der Waals surface area (Å²) in [7, 11) is 1.20. The van der Waals surface area contributed by atoms with E-state index in [1.807, 2.05) is 0 Å². The van der Waals surface area contributed by atoms with Crippen molar-refractivity contribution in [2.24, 2.45) is 0 Å². The van der Waals surface area contributed by atoms with Crippen LogP contribution < -0.4 is 14.8 Å². The minimum atomic E-state index is -1.86. The number of carbonyl (C=O) groups is 2. The monoisotopic (exact) mass is 549 g/mol. The second kappa shape index (κ2) is 11.7. The van der Waals surface area contributed by atoms with Crippen LogP contribution in [0.25, 0.3) is 5.69 Å². The van der Waals surface area contributed by atoms with Gasteiger partial charge in [0.2, 0.25) is 12.2 Å². The summed E-state index contributed by atoms with van der Waals surface area (Å²) in [6.45, 7) is -0.0959. The Morgan fingerprint density at radius 2 is 1.82 bits per heavy atom. The Morgan fingerprint density at radius 3 is 2.50 bits per heavy atom. The number of halogens is 1. The fourth-order valence-electron chi connectivity index (χ4n) is 3.60. The minimum Gasteiger partial charge on any atom is -0.479 e. The smallest absolute Gasteiger partial charge is 0.411 e. The molecule has 2 heterocycles. The van der Waals surface area contributed by atoms with Gasteiger partial charge in [-0.15, -0.1) is 5.10 Å². The van der Waals surface area contributed by atoms with E-state index in [1.165, 1.54) is 25.3 Å². The highest BCUT2D eigenvalue weighted by Crippen LogP contribution is 2.28. The molecule has 0 saturated carbocycles. The van der Waals surface area contributed by atoms with E-state index in [0.717, 1.165) is 5.69 Å². The molecular formula is C24H24ClN3O10. The molecule has 1 aliphatic heterocycles. The first kappa shape index (κ1) is 27.2. The molecule has 5 atom stereocenters.